The zero-order valence-corrected chi connectivity index (χ0v) is 15.7. The second-order valence-electron chi connectivity index (χ2n) is 8.05. The molecule has 2 aliphatic rings. The number of rotatable bonds is 6. The third-order valence-corrected chi connectivity index (χ3v) is 5.48. The number of carbonyl (C=O) groups excluding carboxylic acids is 2. The van der Waals surface area contributed by atoms with Crippen molar-refractivity contribution >= 4 is 11.8 Å². The summed E-state index contributed by atoms with van der Waals surface area (Å²) in [6.45, 7) is 5.97. The van der Waals surface area contributed by atoms with Crippen LogP contribution >= 0.6 is 0 Å². The maximum atomic E-state index is 12.7. The van der Waals surface area contributed by atoms with Crippen molar-refractivity contribution < 1.29 is 14.3 Å². The molecule has 2 saturated carbocycles. The van der Waals surface area contributed by atoms with Crippen LogP contribution in [0.4, 0.5) is 0 Å². The normalized spacial score (nSPS) is 20.0. The summed E-state index contributed by atoms with van der Waals surface area (Å²) >= 11 is 0. The Kier molecular flexibility index (Phi) is 7.51. The molecule has 0 amide bonds. The number of ether oxygens (including phenoxy) is 1. The lowest BCUT2D eigenvalue weighted by atomic mass is 9.71. The van der Waals surface area contributed by atoms with Gasteiger partial charge in [0.2, 0.25) is 0 Å². The van der Waals surface area contributed by atoms with E-state index in [4.69, 9.17) is 4.74 Å². The molecule has 0 heterocycles. The molecule has 0 aliphatic heterocycles. The van der Waals surface area contributed by atoms with Crippen LogP contribution in [0, 0.1) is 17.8 Å². The second-order valence-corrected chi connectivity index (χ2v) is 8.05. The minimum atomic E-state index is -0.373. The standard InChI is InChI=1S/C21H34O3/c1-15(2)14-24-21(23)19(16(3)22)20(17-10-6-4-7-11-17)18-12-8-5-9-13-18/h15,17-18H,4-14H2,1-3H3. The summed E-state index contributed by atoms with van der Waals surface area (Å²) < 4.78 is 5.47. The Balaban J connectivity index is 2.34. The molecular weight excluding hydrogens is 300 g/mol. The maximum absolute atomic E-state index is 12.7. The molecule has 0 atom stereocenters. The van der Waals surface area contributed by atoms with Gasteiger partial charge in [0.25, 0.3) is 0 Å². The van der Waals surface area contributed by atoms with Crippen LogP contribution in [0.25, 0.3) is 0 Å². The van der Waals surface area contributed by atoms with Gasteiger partial charge in [-0.3, -0.25) is 4.79 Å². The van der Waals surface area contributed by atoms with E-state index in [-0.39, 0.29) is 17.7 Å². The lowest BCUT2D eigenvalue weighted by Crippen LogP contribution is -2.27. The summed E-state index contributed by atoms with van der Waals surface area (Å²) in [7, 11) is 0. The summed E-state index contributed by atoms with van der Waals surface area (Å²) in [5.41, 5.74) is 1.56. The number of ketones is 1. The molecule has 2 aliphatic carbocycles. The average Bonchev–Trinajstić information content (AvgIpc) is 2.58. The van der Waals surface area contributed by atoms with Crippen LogP contribution < -0.4 is 0 Å². The second kappa shape index (κ2) is 9.39. The summed E-state index contributed by atoms with van der Waals surface area (Å²) in [5.74, 6) is 0.631. The van der Waals surface area contributed by atoms with E-state index < -0.39 is 0 Å². The fourth-order valence-corrected chi connectivity index (χ4v) is 4.35. The zero-order chi connectivity index (χ0) is 17.5. The third kappa shape index (κ3) is 5.19. The van der Waals surface area contributed by atoms with E-state index in [9.17, 15) is 9.59 Å². The van der Waals surface area contributed by atoms with Gasteiger partial charge in [0.1, 0.15) is 5.57 Å². The lowest BCUT2D eigenvalue weighted by Gasteiger charge is -2.33. The van der Waals surface area contributed by atoms with Gasteiger partial charge in [0, 0.05) is 0 Å². The van der Waals surface area contributed by atoms with Crippen LogP contribution in [0.5, 0.6) is 0 Å². The number of hydrogen-bond acceptors (Lipinski definition) is 3. The lowest BCUT2D eigenvalue weighted by molar-refractivity contribution is -0.141. The third-order valence-electron chi connectivity index (χ3n) is 5.48. The maximum Gasteiger partial charge on any atom is 0.341 e. The first-order valence-electron chi connectivity index (χ1n) is 9.92. The minimum Gasteiger partial charge on any atom is -0.462 e. The van der Waals surface area contributed by atoms with Crippen molar-refractivity contribution in [2.75, 3.05) is 6.61 Å². The van der Waals surface area contributed by atoms with Crippen molar-refractivity contribution in [3.05, 3.63) is 11.1 Å². The van der Waals surface area contributed by atoms with E-state index in [1.807, 2.05) is 13.8 Å². The highest BCUT2D eigenvalue weighted by Gasteiger charge is 2.33. The molecule has 2 rings (SSSR count). The summed E-state index contributed by atoms with van der Waals surface area (Å²) in [4.78, 5) is 25.1. The first-order valence-corrected chi connectivity index (χ1v) is 9.92. The molecule has 0 radical (unpaired) electrons. The Morgan fingerprint density at radius 2 is 1.33 bits per heavy atom. The molecule has 3 heteroatoms. The van der Waals surface area contributed by atoms with Crippen molar-refractivity contribution in [2.24, 2.45) is 17.8 Å². The molecule has 0 spiro atoms. The molecular formula is C21H34O3. The van der Waals surface area contributed by atoms with Crippen molar-refractivity contribution in [3.8, 4) is 0 Å². The van der Waals surface area contributed by atoms with Crippen molar-refractivity contribution in [3.63, 3.8) is 0 Å². The van der Waals surface area contributed by atoms with Gasteiger partial charge in [0.15, 0.2) is 5.78 Å². The quantitative estimate of drug-likeness (QED) is 0.289. The Morgan fingerprint density at radius 1 is 0.875 bits per heavy atom. The minimum absolute atomic E-state index is 0.102. The fourth-order valence-electron chi connectivity index (χ4n) is 4.35. The molecule has 24 heavy (non-hydrogen) atoms. The van der Waals surface area contributed by atoms with Crippen molar-refractivity contribution in [2.45, 2.75) is 85.0 Å². The van der Waals surface area contributed by atoms with E-state index in [1.54, 1.807) is 0 Å². The molecule has 0 N–H and O–H groups in total. The Hall–Kier alpha value is -1.12. The van der Waals surface area contributed by atoms with E-state index in [0.29, 0.717) is 24.0 Å². The summed E-state index contributed by atoms with van der Waals surface area (Å²) in [6, 6.07) is 0. The first-order chi connectivity index (χ1) is 11.5. The van der Waals surface area contributed by atoms with Crippen LogP contribution in [0.2, 0.25) is 0 Å². The van der Waals surface area contributed by atoms with Gasteiger partial charge < -0.3 is 4.74 Å². The average molecular weight is 335 g/mol. The highest BCUT2D eigenvalue weighted by Crippen LogP contribution is 2.41. The van der Waals surface area contributed by atoms with Gasteiger partial charge in [-0.2, -0.15) is 0 Å². The highest BCUT2D eigenvalue weighted by molar-refractivity contribution is 6.17. The van der Waals surface area contributed by atoms with Crippen LogP contribution in [0.1, 0.15) is 85.0 Å². The SMILES string of the molecule is CC(=O)C(C(=O)OCC(C)C)=C(C1CCCCC1)C1CCCCC1. The van der Waals surface area contributed by atoms with Crippen molar-refractivity contribution in [1.82, 2.24) is 0 Å². The predicted octanol–water partition coefficient (Wildman–Crippen LogP) is 5.23. The van der Waals surface area contributed by atoms with Gasteiger partial charge in [0.05, 0.1) is 6.61 Å². The molecule has 136 valence electrons. The van der Waals surface area contributed by atoms with Gasteiger partial charge in [-0.15, -0.1) is 0 Å². The molecule has 3 nitrogen and oxygen atoms in total. The largest absolute Gasteiger partial charge is 0.462 e. The molecule has 0 aromatic carbocycles. The molecule has 0 bridgehead atoms. The van der Waals surface area contributed by atoms with Gasteiger partial charge in [-0.25, -0.2) is 4.79 Å². The zero-order valence-electron chi connectivity index (χ0n) is 15.7. The van der Waals surface area contributed by atoms with E-state index >= 15 is 0 Å². The fraction of sp³-hybridized carbons (Fsp3) is 0.810. The van der Waals surface area contributed by atoms with Gasteiger partial charge >= 0.3 is 5.97 Å². The summed E-state index contributed by atoms with van der Waals surface area (Å²) in [6.07, 6.45) is 11.9. The topological polar surface area (TPSA) is 43.4 Å². The number of Topliss-reactive ketones (excluding diaryl/α,β-unsaturated/α-hetero) is 1. The number of allylic oxidation sites excluding steroid dienone is 1. The predicted molar refractivity (Wildman–Crippen MR) is 96.7 cm³/mol. The Labute approximate surface area is 147 Å². The number of hydrogen-bond donors (Lipinski definition) is 0. The van der Waals surface area contributed by atoms with Crippen LogP contribution in [-0.2, 0) is 14.3 Å². The highest BCUT2D eigenvalue weighted by atomic mass is 16.5. The molecule has 0 aromatic rings. The molecule has 2 fully saturated rings. The Bertz CT molecular complexity index is 443. The molecule has 0 saturated heterocycles. The number of carbonyl (C=O) groups is 2. The monoisotopic (exact) mass is 334 g/mol. The number of esters is 1. The van der Waals surface area contributed by atoms with Crippen LogP contribution in [0.15, 0.2) is 11.1 Å². The van der Waals surface area contributed by atoms with Gasteiger partial charge in [-0.05, 0) is 55.9 Å². The Morgan fingerprint density at radius 3 is 1.71 bits per heavy atom. The van der Waals surface area contributed by atoms with E-state index in [2.05, 4.69) is 0 Å². The van der Waals surface area contributed by atoms with Gasteiger partial charge in [-0.1, -0.05) is 52.4 Å². The van der Waals surface area contributed by atoms with E-state index in [1.165, 1.54) is 45.4 Å². The van der Waals surface area contributed by atoms with Crippen LogP contribution in [0.3, 0.4) is 0 Å². The molecule has 0 aromatic heterocycles. The smallest absolute Gasteiger partial charge is 0.341 e. The first kappa shape index (κ1) is 19.2. The van der Waals surface area contributed by atoms with Crippen molar-refractivity contribution in [1.29, 1.82) is 0 Å². The summed E-state index contributed by atoms with van der Waals surface area (Å²) in [5, 5.41) is 0. The van der Waals surface area contributed by atoms with Crippen LogP contribution in [-0.4, -0.2) is 18.4 Å². The molecule has 0 unspecified atom stereocenters. The van der Waals surface area contributed by atoms with E-state index in [0.717, 1.165) is 31.3 Å².